The molecule has 4 rings (SSSR count). The fourth-order valence-electron chi connectivity index (χ4n) is 2.72. The van der Waals surface area contributed by atoms with E-state index in [4.69, 9.17) is 0 Å². The summed E-state index contributed by atoms with van der Waals surface area (Å²) in [6, 6.07) is 19.4. The van der Waals surface area contributed by atoms with Crippen molar-refractivity contribution in [2.75, 3.05) is 10.6 Å². The van der Waals surface area contributed by atoms with Gasteiger partial charge in [0.25, 0.3) is 0 Å². The SMILES string of the molecule is O=C(Nc1ccc(-c2csc(-c3ccccc3)n2)cc1)Nc1ccc(F)cc1F. The summed E-state index contributed by atoms with van der Waals surface area (Å²) in [5, 5.41) is 7.88. The van der Waals surface area contributed by atoms with Gasteiger partial charge in [0.05, 0.1) is 11.4 Å². The molecule has 0 aliphatic carbocycles. The van der Waals surface area contributed by atoms with Crippen LogP contribution in [0.25, 0.3) is 21.8 Å². The highest BCUT2D eigenvalue weighted by Crippen LogP contribution is 2.29. The van der Waals surface area contributed by atoms with E-state index >= 15 is 0 Å². The van der Waals surface area contributed by atoms with Gasteiger partial charge in [-0.2, -0.15) is 0 Å². The first-order chi connectivity index (χ1) is 14.1. The molecular weight excluding hydrogens is 392 g/mol. The third kappa shape index (κ3) is 4.47. The van der Waals surface area contributed by atoms with Crippen molar-refractivity contribution in [1.82, 2.24) is 4.98 Å². The van der Waals surface area contributed by atoms with Crippen LogP contribution >= 0.6 is 11.3 Å². The topological polar surface area (TPSA) is 54.0 Å². The molecule has 1 heterocycles. The van der Waals surface area contributed by atoms with Gasteiger partial charge in [-0.15, -0.1) is 11.3 Å². The van der Waals surface area contributed by atoms with Crippen LogP contribution in [-0.4, -0.2) is 11.0 Å². The zero-order chi connectivity index (χ0) is 20.2. The number of rotatable bonds is 4. The largest absolute Gasteiger partial charge is 0.323 e. The van der Waals surface area contributed by atoms with Crippen LogP contribution in [-0.2, 0) is 0 Å². The molecule has 0 unspecified atom stereocenters. The molecule has 0 saturated carbocycles. The second-order valence-electron chi connectivity index (χ2n) is 6.18. The van der Waals surface area contributed by atoms with Crippen LogP contribution < -0.4 is 10.6 Å². The van der Waals surface area contributed by atoms with Crippen molar-refractivity contribution in [3.8, 4) is 21.8 Å². The van der Waals surface area contributed by atoms with E-state index in [2.05, 4.69) is 15.6 Å². The summed E-state index contributed by atoms with van der Waals surface area (Å²) in [6.45, 7) is 0. The van der Waals surface area contributed by atoms with Gasteiger partial charge >= 0.3 is 6.03 Å². The van der Waals surface area contributed by atoms with Crippen LogP contribution in [0, 0.1) is 11.6 Å². The van der Waals surface area contributed by atoms with E-state index in [1.165, 1.54) is 6.07 Å². The Morgan fingerprint density at radius 2 is 1.62 bits per heavy atom. The summed E-state index contributed by atoms with van der Waals surface area (Å²) in [4.78, 5) is 16.7. The van der Waals surface area contributed by atoms with Crippen molar-refractivity contribution in [1.29, 1.82) is 0 Å². The third-order valence-electron chi connectivity index (χ3n) is 4.14. The van der Waals surface area contributed by atoms with E-state index in [1.54, 1.807) is 23.5 Å². The highest BCUT2D eigenvalue weighted by Gasteiger charge is 2.09. The molecule has 4 nitrogen and oxygen atoms in total. The minimum Gasteiger partial charge on any atom is -0.308 e. The first-order valence-electron chi connectivity index (χ1n) is 8.73. The van der Waals surface area contributed by atoms with Gasteiger partial charge in [-0.3, -0.25) is 0 Å². The molecule has 0 aliphatic rings. The maximum Gasteiger partial charge on any atom is 0.323 e. The van der Waals surface area contributed by atoms with E-state index in [9.17, 15) is 13.6 Å². The Hall–Kier alpha value is -3.58. The molecule has 7 heteroatoms. The molecule has 2 N–H and O–H groups in total. The highest BCUT2D eigenvalue weighted by atomic mass is 32.1. The van der Waals surface area contributed by atoms with Gasteiger partial charge in [0, 0.05) is 28.3 Å². The zero-order valence-electron chi connectivity index (χ0n) is 15.0. The van der Waals surface area contributed by atoms with Crippen LogP contribution in [0.4, 0.5) is 25.0 Å². The predicted octanol–water partition coefficient (Wildman–Crippen LogP) is 6.40. The van der Waals surface area contributed by atoms with Gasteiger partial charge in [0.1, 0.15) is 16.6 Å². The fourth-order valence-corrected chi connectivity index (χ4v) is 3.55. The zero-order valence-corrected chi connectivity index (χ0v) is 15.8. The van der Waals surface area contributed by atoms with Crippen LogP contribution in [0.2, 0.25) is 0 Å². The van der Waals surface area contributed by atoms with E-state index < -0.39 is 17.7 Å². The van der Waals surface area contributed by atoms with Crippen molar-refractivity contribution < 1.29 is 13.6 Å². The van der Waals surface area contributed by atoms with Crippen LogP contribution in [0.3, 0.4) is 0 Å². The lowest BCUT2D eigenvalue weighted by molar-refractivity contribution is 0.262. The number of nitrogens with one attached hydrogen (secondary N) is 2. The normalized spacial score (nSPS) is 10.6. The van der Waals surface area contributed by atoms with Crippen LogP contribution in [0.5, 0.6) is 0 Å². The lowest BCUT2D eigenvalue weighted by atomic mass is 10.1. The average Bonchev–Trinajstić information content (AvgIpc) is 3.22. The molecule has 1 aromatic heterocycles. The summed E-state index contributed by atoms with van der Waals surface area (Å²) >= 11 is 1.56. The minimum absolute atomic E-state index is 0.101. The molecule has 0 atom stereocenters. The van der Waals surface area contributed by atoms with Gasteiger partial charge in [0.2, 0.25) is 0 Å². The van der Waals surface area contributed by atoms with Gasteiger partial charge in [-0.25, -0.2) is 18.6 Å². The van der Waals surface area contributed by atoms with E-state index in [0.29, 0.717) is 11.8 Å². The number of carbonyl (C=O) groups excluding carboxylic acids is 1. The number of urea groups is 1. The van der Waals surface area contributed by atoms with Crippen molar-refractivity contribution in [3.05, 3.63) is 89.8 Å². The van der Waals surface area contributed by atoms with Gasteiger partial charge < -0.3 is 10.6 Å². The van der Waals surface area contributed by atoms with Crippen LogP contribution in [0.15, 0.2) is 78.2 Å². The monoisotopic (exact) mass is 407 g/mol. The Labute approximate surface area is 169 Å². The molecule has 3 aromatic carbocycles. The number of benzene rings is 3. The van der Waals surface area contributed by atoms with Gasteiger partial charge in [0.15, 0.2) is 0 Å². The maximum absolute atomic E-state index is 13.6. The molecule has 4 aromatic rings. The Balaban J connectivity index is 1.43. The van der Waals surface area contributed by atoms with E-state index in [0.717, 1.165) is 27.9 Å². The van der Waals surface area contributed by atoms with Crippen LogP contribution in [0.1, 0.15) is 0 Å². The van der Waals surface area contributed by atoms with E-state index in [1.807, 2.05) is 47.8 Å². The number of halogens is 2. The Kier molecular flexibility index (Phi) is 5.31. The quantitative estimate of drug-likeness (QED) is 0.411. The summed E-state index contributed by atoms with van der Waals surface area (Å²) in [6.07, 6.45) is 0. The molecule has 144 valence electrons. The lowest BCUT2D eigenvalue weighted by Crippen LogP contribution is -2.20. The highest BCUT2D eigenvalue weighted by molar-refractivity contribution is 7.13. The number of aromatic nitrogens is 1. The lowest BCUT2D eigenvalue weighted by Gasteiger charge is -2.09. The number of amides is 2. The summed E-state index contributed by atoms with van der Waals surface area (Å²) in [5.74, 6) is -1.55. The average molecular weight is 407 g/mol. The molecule has 2 amide bonds. The molecule has 29 heavy (non-hydrogen) atoms. The third-order valence-corrected chi connectivity index (χ3v) is 5.03. The smallest absolute Gasteiger partial charge is 0.308 e. The minimum atomic E-state index is -0.840. The number of hydrogen-bond acceptors (Lipinski definition) is 3. The molecular formula is C22H15F2N3OS. The Morgan fingerprint density at radius 1 is 0.862 bits per heavy atom. The number of anilines is 2. The number of hydrogen-bond donors (Lipinski definition) is 2. The molecule has 0 fully saturated rings. The molecule has 0 aliphatic heterocycles. The fraction of sp³-hybridized carbons (Fsp3) is 0. The summed E-state index contributed by atoms with van der Waals surface area (Å²) in [5.41, 5.74) is 3.26. The number of carbonyl (C=O) groups is 1. The Bertz CT molecular complexity index is 1140. The number of nitrogens with zero attached hydrogens (tertiary/aromatic N) is 1. The van der Waals surface area contributed by atoms with Crippen molar-refractivity contribution in [3.63, 3.8) is 0 Å². The summed E-state index contributed by atoms with van der Waals surface area (Å²) < 4.78 is 26.6. The first-order valence-corrected chi connectivity index (χ1v) is 9.61. The summed E-state index contributed by atoms with van der Waals surface area (Å²) in [7, 11) is 0. The first kappa shape index (κ1) is 18.8. The second kappa shape index (κ2) is 8.20. The van der Waals surface area contributed by atoms with Crippen molar-refractivity contribution in [2.45, 2.75) is 0 Å². The molecule has 0 bridgehead atoms. The van der Waals surface area contributed by atoms with Crippen molar-refractivity contribution in [2.24, 2.45) is 0 Å². The van der Waals surface area contributed by atoms with Gasteiger partial charge in [-0.05, 0) is 24.3 Å². The van der Waals surface area contributed by atoms with Gasteiger partial charge in [-0.1, -0.05) is 42.5 Å². The maximum atomic E-state index is 13.6. The standard InChI is InChI=1S/C22H15F2N3OS/c23-16-8-11-19(18(24)12-16)27-22(28)25-17-9-6-14(7-10-17)20-13-29-21(26-20)15-4-2-1-3-5-15/h1-13H,(H2,25,27,28). The second-order valence-corrected chi connectivity index (χ2v) is 7.04. The van der Waals surface area contributed by atoms with E-state index in [-0.39, 0.29) is 5.69 Å². The molecule has 0 spiro atoms. The predicted molar refractivity (Wildman–Crippen MR) is 112 cm³/mol. The molecule has 0 radical (unpaired) electrons. The molecule has 0 saturated heterocycles. The van der Waals surface area contributed by atoms with Crippen molar-refractivity contribution >= 4 is 28.7 Å². The Morgan fingerprint density at radius 3 is 2.34 bits per heavy atom. The number of thiazole rings is 1.